The van der Waals surface area contributed by atoms with Crippen molar-refractivity contribution < 1.29 is 10.0 Å². The lowest BCUT2D eigenvalue weighted by molar-refractivity contribution is -0.385. The topological polar surface area (TPSA) is 84.4 Å². The van der Waals surface area contributed by atoms with Gasteiger partial charge in [-0.15, -0.1) is 0 Å². The lowest BCUT2D eigenvalue weighted by Gasteiger charge is -2.35. The smallest absolute Gasteiger partial charge is 0.307 e. The van der Waals surface area contributed by atoms with Gasteiger partial charge in [0.25, 0.3) is 0 Å². The Hall–Kier alpha value is -1.47. The van der Waals surface area contributed by atoms with Gasteiger partial charge in [-0.2, -0.15) is 5.10 Å². The molecule has 2 rings (SSSR count). The maximum atomic E-state index is 10.6. The number of aromatic nitrogens is 2. The lowest BCUT2D eigenvalue weighted by atomic mass is 10.0. The van der Waals surface area contributed by atoms with Gasteiger partial charge in [0.1, 0.15) is 12.4 Å². The Labute approximate surface area is 112 Å². The van der Waals surface area contributed by atoms with E-state index in [1.165, 1.54) is 12.4 Å². The Balaban J connectivity index is 1.90. The quantitative estimate of drug-likeness (QED) is 0.655. The van der Waals surface area contributed by atoms with Crippen molar-refractivity contribution in [1.29, 1.82) is 0 Å². The average molecular weight is 268 g/mol. The number of nitrogens with zero attached hydrogens (tertiary/aromatic N) is 4. The van der Waals surface area contributed by atoms with E-state index in [9.17, 15) is 15.2 Å². The first-order valence-corrected chi connectivity index (χ1v) is 6.48. The van der Waals surface area contributed by atoms with E-state index < -0.39 is 10.5 Å². The van der Waals surface area contributed by atoms with Crippen molar-refractivity contribution in [3.63, 3.8) is 0 Å². The molecule has 2 heterocycles. The number of β-amino-alcohol motifs (C(OH)–C–C–N with tert-alkyl or cyclic N) is 1. The van der Waals surface area contributed by atoms with E-state index in [-0.39, 0.29) is 11.7 Å². The van der Waals surface area contributed by atoms with Gasteiger partial charge < -0.3 is 10.0 Å². The summed E-state index contributed by atoms with van der Waals surface area (Å²) in [5.74, 6) is 0. The molecule has 19 heavy (non-hydrogen) atoms. The molecule has 0 saturated carbocycles. The summed E-state index contributed by atoms with van der Waals surface area (Å²) in [5, 5.41) is 24.5. The second kappa shape index (κ2) is 5.26. The molecule has 1 aromatic heterocycles. The normalized spacial score (nSPS) is 18.7. The molecule has 106 valence electrons. The number of rotatable bonds is 4. The molecule has 1 aliphatic heterocycles. The Morgan fingerprint density at radius 3 is 2.63 bits per heavy atom. The zero-order valence-corrected chi connectivity index (χ0v) is 11.3. The highest BCUT2D eigenvalue weighted by Gasteiger charge is 2.25. The summed E-state index contributed by atoms with van der Waals surface area (Å²) in [4.78, 5) is 12.4. The molecule has 1 aliphatic rings. The van der Waals surface area contributed by atoms with Gasteiger partial charge in [0.05, 0.1) is 16.6 Å². The van der Waals surface area contributed by atoms with Gasteiger partial charge in [-0.25, -0.2) is 0 Å². The maximum absolute atomic E-state index is 10.6. The van der Waals surface area contributed by atoms with E-state index in [0.717, 1.165) is 25.9 Å². The van der Waals surface area contributed by atoms with E-state index in [4.69, 9.17) is 0 Å². The minimum absolute atomic E-state index is 0.0407. The summed E-state index contributed by atoms with van der Waals surface area (Å²) in [6.07, 6.45) is 4.59. The van der Waals surface area contributed by atoms with Crippen LogP contribution in [-0.4, -0.2) is 49.9 Å². The number of piperidine rings is 1. The molecule has 0 aromatic carbocycles. The Bertz CT molecular complexity index is 444. The lowest BCUT2D eigenvalue weighted by Crippen LogP contribution is -2.43. The first kappa shape index (κ1) is 14.0. The fourth-order valence-electron chi connectivity index (χ4n) is 2.51. The number of aliphatic hydroxyl groups is 1. The highest BCUT2D eigenvalue weighted by atomic mass is 16.6. The molecular weight excluding hydrogens is 248 g/mol. The van der Waals surface area contributed by atoms with Crippen LogP contribution in [0.25, 0.3) is 0 Å². The number of hydrogen-bond acceptors (Lipinski definition) is 5. The van der Waals surface area contributed by atoms with Crippen molar-refractivity contribution >= 4 is 5.69 Å². The van der Waals surface area contributed by atoms with Gasteiger partial charge in [-0.05, 0) is 26.7 Å². The van der Waals surface area contributed by atoms with Crippen molar-refractivity contribution in [3.8, 4) is 0 Å². The SMILES string of the molecule is CC(C)(O)CN1CCC(n2cc([N+](=O)[O-])cn2)CC1. The number of hydrogen-bond donors (Lipinski definition) is 1. The van der Waals surface area contributed by atoms with Gasteiger partial charge in [0.15, 0.2) is 0 Å². The van der Waals surface area contributed by atoms with Crippen molar-refractivity contribution in [2.45, 2.75) is 38.3 Å². The van der Waals surface area contributed by atoms with Gasteiger partial charge >= 0.3 is 5.69 Å². The summed E-state index contributed by atoms with van der Waals surface area (Å²) in [5.41, 5.74) is -0.643. The summed E-state index contributed by atoms with van der Waals surface area (Å²) >= 11 is 0. The molecule has 0 bridgehead atoms. The van der Waals surface area contributed by atoms with Crippen LogP contribution >= 0.6 is 0 Å². The van der Waals surface area contributed by atoms with E-state index >= 15 is 0 Å². The molecular formula is C12H20N4O3. The molecule has 7 nitrogen and oxygen atoms in total. The zero-order valence-electron chi connectivity index (χ0n) is 11.3. The largest absolute Gasteiger partial charge is 0.389 e. The van der Waals surface area contributed by atoms with Gasteiger partial charge in [-0.1, -0.05) is 0 Å². The molecule has 1 saturated heterocycles. The van der Waals surface area contributed by atoms with Gasteiger partial charge in [0, 0.05) is 19.6 Å². The van der Waals surface area contributed by atoms with Crippen LogP contribution in [0.15, 0.2) is 12.4 Å². The number of nitro groups is 1. The van der Waals surface area contributed by atoms with Crippen molar-refractivity contribution in [2.24, 2.45) is 0 Å². The fourth-order valence-corrected chi connectivity index (χ4v) is 2.51. The summed E-state index contributed by atoms with van der Waals surface area (Å²) in [6.45, 7) is 6.01. The van der Waals surface area contributed by atoms with Crippen molar-refractivity contribution in [3.05, 3.63) is 22.5 Å². The van der Waals surface area contributed by atoms with E-state index in [0.29, 0.717) is 6.54 Å². The molecule has 7 heteroatoms. The second-order valence-electron chi connectivity index (χ2n) is 5.76. The van der Waals surface area contributed by atoms with Crippen LogP contribution < -0.4 is 0 Å². The van der Waals surface area contributed by atoms with Crippen LogP contribution in [0.4, 0.5) is 5.69 Å². The number of likely N-dealkylation sites (tertiary alicyclic amines) is 1. The molecule has 0 spiro atoms. The first-order valence-electron chi connectivity index (χ1n) is 6.48. The van der Waals surface area contributed by atoms with Crippen molar-refractivity contribution in [1.82, 2.24) is 14.7 Å². The van der Waals surface area contributed by atoms with Gasteiger partial charge in [-0.3, -0.25) is 14.8 Å². The van der Waals surface area contributed by atoms with Crippen molar-refractivity contribution in [2.75, 3.05) is 19.6 Å². The third kappa shape index (κ3) is 3.74. The maximum Gasteiger partial charge on any atom is 0.307 e. The average Bonchev–Trinajstić information content (AvgIpc) is 2.77. The molecule has 0 amide bonds. The van der Waals surface area contributed by atoms with Crippen LogP contribution in [0.1, 0.15) is 32.7 Å². The molecule has 1 N–H and O–H groups in total. The predicted octanol–water partition coefficient (Wildman–Crippen LogP) is 1.20. The summed E-state index contributed by atoms with van der Waals surface area (Å²) in [6, 6.07) is 0.215. The molecule has 0 unspecified atom stereocenters. The highest BCUT2D eigenvalue weighted by Crippen LogP contribution is 2.24. The van der Waals surface area contributed by atoms with E-state index in [1.54, 1.807) is 18.5 Å². The van der Waals surface area contributed by atoms with Gasteiger partial charge in [0.2, 0.25) is 0 Å². The molecule has 1 fully saturated rings. The molecule has 1 aromatic rings. The van der Waals surface area contributed by atoms with Crippen LogP contribution in [0.5, 0.6) is 0 Å². The summed E-state index contributed by atoms with van der Waals surface area (Å²) in [7, 11) is 0. The van der Waals surface area contributed by atoms with Crippen LogP contribution in [-0.2, 0) is 0 Å². The standard InChI is InChI=1S/C12H20N4O3/c1-12(2,17)9-14-5-3-10(4-6-14)15-8-11(7-13-15)16(18)19/h7-8,10,17H,3-6,9H2,1-2H3. The summed E-state index contributed by atoms with van der Waals surface area (Å²) < 4.78 is 1.69. The Morgan fingerprint density at radius 1 is 1.53 bits per heavy atom. The predicted molar refractivity (Wildman–Crippen MR) is 69.9 cm³/mol. The molecule has 0 radical (unpaired) electrons. The third-order valence-electron chi connectivity index (χ3n) is 3.34. The van der Waals surface area contributed by atoms with Crippen LogP contribution in [0, 0.1) is 10.1 Å². The fraction of sp³-hybridized carbons (Fsp3) is 0.750. The van der Waals surface area contributed by atoms with E-state index in [1.807, 2.05) is 0 Å². The van der Waals surface area contributed by atoms with Crippen LogP contribution in [0.3, 0.4) is 0 Å². The zero-order chi connectivity index (χ0) is 14.0. The first-order chi connectivity index (χ1) is 8.85. The Morgan fingerprint density at radius 2 is 2.16 bits per heavy atom. The van der Waals surface area contributed by atoms with Crippen LogP contribution in [0.2, 0.25) is 0 Å². The highest BCUT2D eigenvalue weighted by molar-refractivity contribution is 5.21. The molecule has 0 atom stereocenters. The minimum atomic E-state index is -0.683. The molecule has 0 aliphatic carbocycles. The Kier molecular flexibility index (Phi) is 3.86. The third-order valence-corrected chi connectivity index (χ3v) is 3.34. The monoisotopic (exact) mass is 268 g/mol. The second-order valence-corrected chi connectivity index (χ2v) is 5.76. The van der Waals surface area contributed by atoms with E-state index in [2.05, 4.69) is 10.00 Å². The minimum Gasteiger partial charge on any atom is -0.389 e.